The summed E-state index contributed by atoms with van der Waals surface area (Å²) in [6, 6.07) is 8.35. The van der Waals surface area contributed by atoms with Crippen molar-refractivity contribution in [3.63, 3.8) is 0 Å². The topological polar surface area (TPSA) is 9.23 Å². The van der Waals surface area contributed by atoms with E-state index in [0.29, 0.717) is 5.92 Å². The zero-order valence-corrected chi connectivity index (χ0v) is 13.4. The molecule has 1 aromatic rings. The second-order valence-corrected chi connectivity index (χ2v) is 6.01. The second kappa shape index (κ2) is 8.58. The normalized spacial score (nSPS) is 12.7. The molecule has 0 saturated heterocycles. The van der Waals surface area contributed by atoms with Gasteiger partial charge in [0, 0.05) is 5.33 Å². The first kappa shape index (κ1) is 15.6. The number of benzene rings is 1. The third-order valence-electron chi connectivity index (χ3n) is 3.31. The third-order valence-corrected chi connectivity index (χ3v) is 4.23. The highest BCUT2D eigenvalue weighted by molar-refractivity contribution is 9.09. The van der Waals surface area contributed by atoms with E-state index in [1.165, 1.54) is 24.8 Å². The van der Waals surface area contributed by atoms with Crippen molar-refractivity contribution in [2.24, 2.45) is 11.8 Å². The zero-order valence-electron chi connectivity index (χ0n) is 11.8. The molecule has 0 saturated carbocycles. The monoisotopic (exact) mass is 312 g/mol. The van der Waals surface area contributed by atoms with Crippen LogP contribution in [0.2, 0.25) is 0 Å². The number of hydrogen-bond acceptors (Lipinski definition) is 1. The summed E-state index contributed by atoms with van der Waals surface area (Å²) in [6.45, 7) is 4.59. The van der Waals surface area contributed by atoms with Crippen molar-refractivity contribution in [2.45, 2.75) is 39.5 Å². The van der Waals surface area contributed by atoms with Crippen molar-refractivity contribution in [1.82, 2.24) is 0 Å². The molecule has 0 radical (unpaired) electrons. The van der Waals surface area contributed by atoms with Crippen LogP contribution in [0.5, 0.6) is 5.75 Å². The minimum atomic E-state index is 0.708. The highest BCUT2D eigenvalue weighted by atomic mass is 79.9. The maximum atomic E-state index is 5.42. The SMILES string of the molecule is COc1ccccc1CC(CBr)CCCC(C)C. The van der Waals surface area contributed by atoms with Crippen LogP contribution in [0, 0.1) is 11.8 Å². The van der Waals surface area contributed by atoms with Crippen LogP contribution in [0.15, 0.2) is 24.3 Å². The summed E-state index contributed by atoms with van der Waals surface area (Å²) in [5, 5.41) is 1.07. The first-order valence-electron chi connectivity index (χ1n) is 6.85. The fourth-order valence-electron chi connectivity index (χ4n) is 2.23. The molecule has 0 spiro atoms. The van der Waals surface area contributed by atoms with Crippen molar-refractivity contribution < 1.29 is 4.74 Å². The number of para-hydroxylation sites is 1. The van der Waals surface area contributed by atoms with Gasteiger partial charge in [-0.05, 0) is 36.3 Å². The molecule has 2 heteroatoms. The van der Waals surface area contributed by atoms with Crippen LogP contribution in [0.4, 0.5) is 0 Å². The number of halogens is 1. The van der Waals surface area contributed by atoms with E-state index in [-0.39, 0.29) is 0 Å². The molecule has 1 aromatic carbocycles. The molecule has 0 heterocycles. The first-order chi connectivity index (χ1) is 8.67. The number of methoxy groups -OCH3 is 1. The van der Waals surface area contributed by atoms with Crippen LogP contribution >= 0.6 is 15.9 Å². The van der Waals surface area contributed by atoms with Gasteiger partial charge < -0.3 is 4.74 Å². The molecule has 1 rings (SSSR count). The second-order valence-electron chi connectivity index (χ2n) is 5.36. The summed E-state index contributed by atoms with van der Waals surface area (Å²) in [7, 11) is 1.75. The summed E-state index contributed by atoms with van der Waals surface area (Å²) in [5.74, 6) is 2.54. The van der Waals surface area contributed by atoms with Gasteiger partial charge in [0.05, 0.1) is 7.11 Å². The standard InChI is InChI=1S/C16H25BrO/c1-13(2)7-6-8-14(12-17)11-15-9-4-5-10-16(15)18-3/h4-5,9-10,13-14H,6-8,11-12H2,1-3H3. The van der Waals surface area contributed by atoms with E-state index < -0.39 is 0 Å². The van der Waals surface area contributed by atoms with E-state index in [9.17, 15) is 0 Å². The van der Waals surface area contributed by atoms with Gasteiger partial charge in [-0.3, -0.25) is 0 Å². The predicted molar refractivity (Wildman–Crippen MR) is 82.7 cm³/mol. The lowest BCUT2D eigenvalue weighted by Gasteiger charge is -2.16. The predicted octanol–water partition coefficient (Wildman–Crippen LogP) is 5.08. The maximum Gasteiger partial charge on any atom is 0.122 e. The van der Waals surface area contributed by atoms with E-state index in [4.69, 9.17) is 4.74 Å². The highest BCUT2D eigenvalue weighted by Crippen LogP contribution is 2.25. The van der Waals surface area contributed by atoms with Crippen molar-refractivity contribution in [2.75, 3.05) is 12.4 Å². The number of rotatable bonds is 8. The first-order valence-corrected chi connectivity index (χ1v) is 7.97. The number of ether oxygens (including phenoxy) is 1. The molecule has 102 valence electrons. The van der Waals surface area contributed by atoms with Gasteiger partial charge in [-0.1, -0.05) is 60.8 Å². The summed E-state index contributed by atoms with van der Waals surface area (Å²) in [6.07, 6.45) is 5.05. The van der Waals surface area contributed by atoms with Crippen LogP contribution in [-0.2, 0) is 6.42 Å². The molecule has 0 bridgehead atoms. The lowest BCUT2D eigenvalue weighted by atomic mass is 9.93. The molecule has 18 heavy (non-hydrogen) atoms. The molecular formula is C16H25BrO. The quantitative estimate of drug-likeness (QED) is 0.608. The van der Waals surface area contributed by atoms with Gasteiger partial charge in [0.25, 0.3) is 0 Å². The van der Waals surface area contributed by atoms with Crippen LogP contribution < -0.4 is 4.74 Å². The molecule has 0 aliphatic rings. The van der Waals surface area contributed by atoms with Gasteiger partial charge in [0.2, 0.25) is 0 Å². The Morgan fingerprint density at radius 1 is 1.17 bits per heavy atom. The Kier molecular flexibility index (Phi) is 7.41. The van der Waals surface area contributed by atoms with Crippen molar-refractivity contribution >= 4 is 15.9 Å². The Balaban J connectivity index is 2.51. The Hall–Kier alpha value is -0.500. The van der Waals surface area contributed by atoms with Crippen LogP contribution in [0.25, 0.3) is 0 Å². The summed E-state index contributed by atoms with van der Waals surface area (Å²) in [4.78, 5) is 0. The fraction of sp³-hybridized carbons (Fsp3) is 0.625. The summed E-state index contributed by atoms with van der Waals surface area (Å²) < 4.78 is 5.42. The average Bonchev–Trinajstić information content (AvgIpc) is 2.37. The molecule has 1 nitrogen and oxygen atoms in total. The van der Waals surface area contributed by atoms with E-state index in [0.717, 1.165) is 23.4 Å². The summed E-state index contributed by atoms with van der Waals surface area (Å²) >= 11 is 3.65. The largest absolute Gasteiger partial charge is 0.496 e. The van der Waals surface area contributed by atoms with E-state index in [2.05, 4.69) is 48.0 Å². The maximum absolute atomic E-state index is 5.42. The molecule has 0 amide bonds. The van der Waals surface area contributed by atoms with Gasteiger partial charge in [-0.15, -0.1) is 0 Å². The Bertz CT molecular complexity index is 336. The zero-order chi connectivity index (χ0) is 13.4. The smallest absolute Gasteiger partial charge is 0.122 e. The molecule has 0 aliphatic carbocycles. The molecule has 0 aliphatic heterocycles. The van der Waals surface area contributed by atoms with Gasteiger partial charge >= 0.3 is 0 Å². The van der Waals surface area contributed by atoms with Gasteiger partial charge in [0.1, 0.15) is 5.75 Å². The van der Waals surface area contributed by atoms with Crippen molar-refractivity contribution in [3.05, 3.63) is 29.8 Å². The molecule has 0 aromatic heterocycles. The van der Waals surface area contributed by atoms with Crippen LogP contribution in [0.3, 0.4) is 0 Å². The van der Waals surface area contributed by atoms with Crippen LogP contribution in [-0.4, -0.2) is 12.4 Å². The molecule has 0 N–H and O–H groups in total. The van der Waals surface area contributed by atoms with E-state index in [1.807, 2.05) is 6.07 Å². The molecule has 1 atom stereocenters. The average molecular weight is 313 g/mol. The van der Waals surface area contributed by atoms with Crippen molar-refractivity contribution in [1.29, 1.82) is 0 Å². The molecule has 1 unspecified atom stereocenters. The highest BCUT2D eigenvalue weighted by Gasteiger charge is 2.11. The van der Waals surface area contributed by atoms with Crippen molar-refractivity contribution in [3.8, 4) is 5.75 Å². The van der Waals surface area contributed by atoms with Gasteiger partial charge in [-0.25, -0.2) is 0 Å². The fourth-order valence-corrected chi connectivity index (χ4v) is 2.78. The number of hydrogen-bond donors (Lipinski definition) is 0. The molecular weight excluding hydrogens is 288 g/mol. The minimum Gasteiger partial charge on any atom is -0.496 e. The minimum absolute atomic E-state index is 0.708. The van der Waals surface area contributed by atoms with Crippen LogP contribution in [0.1, 0.15) is 38.7 Å². The van der Waals surface area contributed by atoms with E-state index in [1.54, 1.807) is 7.11 Å². The Morgan fingerprint density at radius 3 is 2.50 bits per heavy atom. The molecule has 0 fully saturated rings. The van der Waals surface area contributed by atoms with Gasteiger partial charge in [-0.2, -0.15) is 0 Å². The Labute approximate surface area is 120 Å². The lowest BCUT2D eigenvalue weighted by molar-refractivity contribution is 0.401. The Morgan fingerprint density at radius 2 is 1.89 bits per heavy atom. The summed E-state index contributed by atoms with van der Waals surface area (Å²) in [5.41, 5.74) is 1.33. The van der Waals surface area contributed by atoms with E-state index >= 15 is 0 Å². The third kappa shape index (κ3) is 5.43. The van der Waals surface area contributed by atoms with Gasteiger partial charge in [0.15, 0.2) is 0 Å². The lowest BCUT2D eigenvalue weighted by Crippen LogP contribution is -2.08. The number of alkyl halides is 1.